The fraction of sp³-hybridized carbons (Fsp3) is 1.00. The second kappa shape index (κ2) is 31.5. The van der Waals surface area contributed by atoms with E-state index in [-0.39, 0.29) is 36.2 Å². The Bertz CT molecular complexity index is 800. The second-order valence-corrected chi connectivity index (χ2v) is 16.9. The van der Waals surface area contributed by atoms with Crippen molar-refractivity contribution in [1.82, 2.24) is 0 Å². The Kier molecular flexibility index (Phi) is 35.1. The average molecular weight is 789 g/mol. The molecular weight excluding hydrogens is 696 g/mol. The van der Waals surface area contributed by atoms with Crippen molar-refractivity contribution in [1.29, 1.82) is 0 Å². The summed E-state index contributed by atoms with van der Waals surface area (Å²) in [4.78, 5) is 0. The number of hydrogen-bond acceptors (Lipinski definition) is 12. The van der Waals surface area contributed by atoms with E-state index >= 15 is 0 Å². The molecule has 13 atom stereocenters. The highest BCUT2D eigenvalue weighted by molar-refractivity contribution is 4.86. The molecule has 12 heteroatoms. The first-order valence-electron chi connectivity index (χ1n) is 20.5. The van der Waals surface area contributed by atoms with Crippen LogP contribution in [0.4, 0.5) is 0 Å². The zero-order valence-corrected chi connectivity index (χ0v) is 35.5. The molecule has 12 nitrogen and oxygen atoms in total. The minimum Gasteiger partial charge on any atom is -0.396 e. The maximum Gasteiger partial charge on any atom is 0.110 e. The van der Waals surface area contributed by atoms with Crippen LogP contribution >= 0.6 is 0 Å². The van der Waals surface area contributed by atoms with Crippen molar-refractivity contribution in [3.63, 3.8) is 0 Å². The fourth-order valence-electron chi connectivity index (χ4n) is 7.26. The zero-order chi connectivity index (χ0) is 42.2. The van der Waals surface area contributed by atoms with Gasteiger partial charge in [-0.15, -0.1) is 0 Å². The van der Waals surface area contributed by atoms with Crippen molar-refractivity contribution < 1.29 is 61.3 Å². The Hall–Kier alpha value is -0.480. The molecule has 332 valence electrons. The van der Waals surface area contributed by atoms with Crippen LogP contribution in [-0.4, -0.2) is 136 Å². The van der Waals surface area contributed by atoms with E-state index in [2.05, 4.69) is 48.5 Å². The van der Waals surface area contributed by atoms with Gasteiger partial charge in [0.25, 0.3) is 0 Å². The molecule has 0 spiro atoms. The van der Waals surface area contributed by atoms with Crippen molar-refractivity contribution >= 4 is 0 Å². The number of aliphatic hydroxyl groups is 12. The summed E-state index contributed by atoms with van der Waals surface area (Å²) >= 11 is 0. The van der Waals surface area contributed by atoms with E-state index in [4.69, 9.17) is 15.3 Å². The summed E-state index contributed by atoms with van der Waals surface area (Å²) in [7, 11) is 0. The van der Waals surface area contributed by atoms with E-state index in [0.29, 0.717) is 19.3 Å². The van der Waals surface area contributed by atoms with E-state index in [1.807, 2.05) is 13.8 Å². The Morgan fingerprint density at radius 1 is 0.389 bits per heavy atom. The van der Waals surface area contributed by atoms with E-state index in [1.54, 1.807) is 13.8 Å². The van der Waals surface area contributed by atoms with Crippen LogP contribution in [0.1, 0.15) is 167 Å². The first-order chi connectivity index (χ1) is 24.5. The van der Waals surface area contributed by atoms with Gasteiger partial charge in [0.05, 0.1) is 49.8 Å². The number of rotatable bonds is 27. The Labute approximate surface area is 330 Å². The summed E-state index contributed by atoms with van der Waals surface area (Å²) in [6, 6.07) is 0. The molecule has 0 aliphatic heterocycles. The highest BCUT2D eigenvalue weighted by atomic mass is 16.4. The quantitative estimate of drug-likeness (QED) is 0.0558. The molecule has 2 unspecified atom stereocenters. The van der Waals surface area contributed by atoms with Crippen LogP contribution in [0.15, 0.2) is 0 Å². The SMILES string of the molecule is C.CCCC(C)(CC)C[C@@H](O)[C@@H](O)[C@H](C)[C@H](O)CO.CCCC(C)(CC)C[C@H](O)[C@@H](O)[C@H](O)[C@H](O)CO.CCCC(C)(CCC)C[C@H](O)[C@@H](O)[C@H](C)CO. The lowest BCUT2D eigenvalue weighted by Gasteiger charge is -2.34. The third-order valence-corrected chi connectivity index (χ3v) is 11.5. The normalized spacial score (nSPS) is 20.3. The molecule has 0 rings (SSSR count). The van der Waals surface area contributed by atoms with E-state index in [9.17, 15) is 46.0 Å². The highest BCUT2D eigenvalue weighted by Crippen LogP contribution is 2.37. The van der Waals surface area contributed by atoms with Gasteiger partial charge < -0.3 is 61.3 Å². The fourth-order valence-corrected chi connectivity index (χ4v) is 7.26. The van der Waals surface area contributed by atoms with Crippen molar-refractivity contribution in [3.8, 4) is 0 Å². The monoisotopic (exact) mass is 789 g/mol. The van der Waals surface area contributed by atoms with Crippen LogP contribution in [0.2, 0.25) is 0 Å². The molecule has 0 aromatic carbocycles. The lowest BCUT2D eigenvalue weighted by Crippen LogP contribution is -2.47. The molecule has 0 aliphatic rings. The first-order valence-corrected chi connectivity index (χ1v) is 20.5. The maximum absolute atomic E-state index is 10.1. The van der Waals surface area contributed by atoms with Gasteiger partial charge >= 0.3 is 0 Å². The summed E-state index contributed by atoms with van der Waals surface area (Å²) in [5.74, 6) is -0.801. The summed E-state index contributed by atoms with van der Waals surface area (Å²) in [6.07, 6.45) is 1.61. The summed E-state index contributed by atoms with van der Waals surface area (Å²) < 4.78 is 0. The molecule has 0 radical (unpaired) electrons. The second-order valence-electron chi connectivity index (χ2n) is 16.9. The van der Waals surface area contributed by atoms with Gasteiger partial charge in [-0.2, -0.15) is 0 Å². The van der Waals surface area contributed by atoms with Crippen LogP contribution < -0.4 is 0 Å². The van der Waals surface area contributed by atoms with E-state index < -0.39 is 74.1 Å². The highest BCUT2D eigenvalue weighted by Gasteiger charge is 2.35. The smallest absolute Gasteiger partial charge is 0.110 e. The predicted molar refractivity (Wildman–Crippen MR) is 219 cm³/mol. The number of hydrogen-bond donors (Lipinski definition) is 12. The van der Waals surface area contributed by atoms with Gasteiger partial charge in [-0.25, -0.2) is 0 Å². The third kappa shape index (κ3) is 23.7. The molecule has 0 aromatic rings. The first kappa shape index (κ1) is 60.2. The molecule has 0 aliphatic carbocycles. The van der Waals surface area contributed by atoms with Gasteiger partial charge in [0, 0.05) is 18.4 Å². The standard InChI is InChI=1S/C14H30O4.C14H30O3.C13H28O5.CH4/c1-5-7-14(4,6-2)8-11(16)13(18)10(3)12(17)9-15;1-5-7-14(4,8-6-2)9-12(16)13(17)11(3)10-15;1-4-6-13(3,5-2)7-9(15)11(17)12(18)10(16)8-14;/h10-13,15-18H,5-9H2,1-4H3;11-13,15-17H,5-10H2,1-4H3;9-12,14-18H,4-8H2,1-3H3;1H4/t10-,11-,12-,13+,14?;11-,12+,13+;9-,10+,11+,12+,13?;/m110./s1. The van der Waals surface area contributed by atoms with Crippen molar-refractivity contribution in [3.05, 3.63) is 0 Å². The maximum atomic E-state index is 10.1. The molecule has 54 heavy (non-hydrogen) atoms. The van der Waals surface area contributed by atoms with Crippen LogP contribution in [0, 0.1) is 28.1 Å². The van der Waals surface area contributed by atoms with Crippen LogP contribution in [0.5, 0.6) is 0 Å². The number of aliphatic hydroxyl groups excluding tert-OH is 12. The van der Waals surface area contributed by atoms with E-state index in [0.717, 1.165) is 64.2 Å². The molecule has 0 aromatic heterocycles. The Morgan fingerprint density at radius 2 is 0.685 bits per heavy atom. The van der Waals surface area contributed by atoms with Gasteiger partial charge in [0.2, 0.25) is 0 Å². The van der Waals surface area contributed by atoms with Crippen molar-refractivity contribution in [2.24, 2.45) is 28.1 Å². The molecule has 0 saturated carbocycles. The molecule has 0 bridgehead atoms. The molecule has 0 heterocycles. The van der Waals surface area contributed by atoms with E-state index in [1.165, 1.54) is 0 Å². The third-order valence-electron chi connectivity index (χ3n) is 11.5. The lowest BCUT2D eigenvalue weighted by molar-refractivity contribution is -0.122. The van der Waals surface area contributed by atoms with Crippen LogP contribution in [-0.2, 0) is 0 Å². The average Bonchev–Trinajstić information content (AvgIpc) is 3.12. The predicted octanol–water partition coefficient (Wildman–Crippen LogP) is 4.30. The van der Waals surface area contributed by atoms with Gasteiger partial charge in [-0.1, -0.05) is 122 Å². The van der Waals surface area contributed by atoms with Gasteiger partial charge in [-0.3, -0.25) is 0 Å². The summed E-state index contributed by atoms with van der Waals surface area (Å²) in [5.41, 5.74) is 0.0111. The van der Waals surface area contributed by atoms with Crippen molar-refractivity contribution in [2.75, 3.05) is 19.8 Å². The summed E-state index contributed by atoms with van der Waals surface area (Å²) in [5, 5.41) is 114. The largest absolute Gasteiger partial charge is 0.396 e. The molecule has 0 saturated heterocycles. The van der Waals surface area contributed by atoms with Crippen LogP contribution in [0.3, 0.4) is 0 Å². The topological polar surface area (TPSA) is 243 Å². The molecule has 12 N–H and O–H groups in total. The Morgan fingerprint density at radius 3 is 1.00 bits per heavy atom. The lowest BCUT2D eigenvalue weighted by atomic mass is 9.75. The van der Waals surface area contributed by atoms with Crippen molar-refractivity contribution in [2.45, 2.75) is 222 Å². The molecule has 0 fully saturated rings. The van der Waals surface area contributed by atoms with Crippen LogP contribution in [0.25, 0.3) is 0 Å². The minimum absolute atomic E-state index is 0. The minimum atomic E-state index is -1.53. The molecular formula is C42H92O12. The van der Waals surface area contributed by atoms with Gasteiger partial charge in [0.1, 0.15) is 18.3 Å². The van der Waals surface area contributed by atoms with Gasteiger partial charge in [-0.05, 0) is 61.2 Å². The summed E-state index contributed by atoms with van der Waals surface area (Å²) in [6.45, 7) is 21.1. The Balaban J connectivity index is -0.000000344. The van der Waals surface area contributed by atoms with Gasteiger partial charge in [0.15, 0.2) is 0 Å². The zero-order valence-electron chi connectivity index (χ0n) is 35.5. The molecule has 0 amide bonds.